The maximum atomic E-state index is 13.4. The highest BCUT2D eigenvalue weighted by Gasteiger charge is 2.20. The van der Waals surface area contributed by atoms with Crippen molar-refractivity contribution in [2.45, 2.75) is 13.3 Å². The van der Waals surface area contributed by atoms with Gasteiger partial charge in [-0.1, -0.05) is 6.92 Å². The summed E-state index contributed by atoms with van der Waals surface area (Å²) in [6.45, 7) is 2.49. The summed E-state index contributed by atoms with van der Waals surface area (Å²) in [7, 11) is 0. The van der Waals surface area contributed by atoms with Crippen LogP contribution in [-0.2, 0) is 0 Å². The maximum Gasteiger partial charge on any atom is 0.253 e. The molecule has 1 aromatic carbocycles. The molecule has 0 radical (unpaired) electrons. The number of hydrogen-bond acceptors (Lipinski definition) is 3. The number of rotatable bonds is 5. The monoisotopic (exact) mass is 300 g/mol. The first kappa shape index (κ1) is 15.1. The minimum absolute atomic E-state index is 0.252. The summed E-state index contributed by atoms with van der Waals surface area (Å²) < 4.78 is 58.2. The van der Waals surface area contributed by atoms with Crippen molar-refractivity contribution in [3.63, 3.8) is 0 Å². The van der Waals surface area contributed by atoms with Crippen molar-refractivity contribution < 1.29 is 22.3 Å². The lowest BCUT2D eigenvalue weighted by atomic mass is 10.2. The Labute approximate surface area is 118 Å². The molecule has 7 heteroatoms. The Bertz CT molecular complexity index is 606. The lowest BCUT2D eigenvalue weighted by molar-refractivity contribution is 0.317. The molecule has 2 rings (SSSR count). The van der Waals surface area contributed by atoms with Crippen molar-refractivity contribution in [1.82, 2.24) is 4.98 Å². The van der Waals surface area contributed by atoms with Crippen molar-refractivity contribution in [2.24, 2.45) is 0 Å². The summed E-state index contributed by atoms with van der Waals surface area (Å²) in [5, 5.41) is 2.28. The van der Waals surface area contributed by atoms with E-state index in [-0.39, 0.29) is 5.69 Å². The topological polar surface area (TPSA) is 34.1 Å². The second kappa shape index (κ2) is 6.43. The summed E-state index contributed by atoms with van der Waals surface area (Å²) in [5.74, 6) is -6.01. The highest BCUT2D eigenvalue weighted by molar-refractivity contribution is 5.61. The van der Waals surface area contributed by atoms with Gasteiger partial charge < -0.3 is 10.1 Å². The lowest BCUT2D eigenvalue weighted by Gasteiger charge is -2.10. The molecule has 1 aromatic heterocycles. The van der Waals surface area contributed by atoms with E-state index in [1.165, 1.54) is 12.1 Å². The molecule has 21 heavy (non-hydrogen) atoms. The average Bonchev–Trinajstić information content (AvgIpc) is 2.49. The highest BCUT2D eigenvalue weighted by Crippen LogP contribution is 2.26. The molecule has 0 bridgehead atoms. The van der Waals surface area contributed by atoms with Crippen molar-refractivity contribution in [3.8, 4) is 5.75 Å². The van der Waals surface area contributed by atoms with E-state index in [0.29, 0.717) is 12.4 Å². The van der Waals surface area contributed by atoms with Crippen molar-refractivity contribution in [3.05, 3.63) is 47.8 Å². The van der Waals surface area contributed by atoms with Crippen LogP contribution < -0.4 is 10.1 Å². The third-order valence-electron chi connectivity index (χ3n) is 2.59. The van der Waals surface area contributed by atoms with Gasteiger partial charge in [-0.25, -0.2) is 0 Å². The highest BCUT2D eigenvalue weighted by atomic mass is 19.2. The lowest BCUT2D eigenvalue weighted by Crippen LogP contribution is -2.06. The molecule has 0 aliphatic rings. The zero-order valence-electron chi connectivity index (χ0n) is 11.1. The number of anilines is 2. The number of aromatic nitrogens is 1. The van der Waals surface area contributed by atoms with Crippen LogP contribution in [-0.4, -0.2) is 11.6 Å². The van der Waals surface area contributed by atoms with Crippen LogP contribution in [0.5, 0.6) is 5.75 Å². The molecule has 0 fully saturated rings. The van der Waals surface area contributed by atoms with Crippen LogP contribution in [0.15, 0.2) is 24.3 Å². The van der Waals surface area contributed by atoms with Gasteiger partial charge in [0.2, 0.25) is 11.6 Å². The normalized spacial score (nSPS) is 10.5. The number of nitrogens with zero attached hydrogens (tertiary/aromatic N) is 1. The summed E-state index contributed by atoms with van der Waals surface area (Å²) in [6, 6.07) is 6.09. The van der Waals surface area contributed by atoms with Crippen LogP contribution in [0.2, 0.25) is 0 Å². The van der Waals surface area contributed by atoms with E-state index in [0.717, 1.165) is 6.42 Å². The van der Waals surface area contributed by atoms with Gasteiger partial charge in [0, 0.05) is 5.69 Å². The SMILES string of the molecule is CCCOc1ccc(Nc2c(F)c(F)nc(F)c2F)cc1. The van der Waals surface area contributed by atoms with Gasteiger partial charge in [-0.3, -0.25) is 0 Å². The van der Waals surface area contributed by atoms with Crippen LogP contribution in [0.25, 0.3) is 0 Å². The fourth-order valence-corrected chi connectivity index (χ4v) is 1.60. The van der Waals surface area contributed by atoms with Gasteiger partial charge in [-0.15, -0.1) is 0 Å². The van der Waals surface area contributed by atoms with Crippen molar-refractivity contribution in [1.29, 1.82) is 0 Å². The predicted molar refractivity (Wildman–Crippen MR) is 69.6 cm³/mol. The number of ether oxygens (including phenoxy) is 1. The average molecular weight is 300 g/mol. The molecular formula is C14H12F4N2O. The van der Waals surface area contributed by atoms with Crippen LogP contribution >= 0.6 is 0 Å². The third kappa shape index (κ3) is 3.42. The molecule has 0 amide bonds. The summed E-state index contributed by atoms with van der Waals surface area (Å²) in [5.41, 5.74) is -0.677. The van der Waals surface area contributed by atoms with Crippen LogP contribution in [0.1, 0.15) is 13.3 Å². The Balaban J connectivity index is 2.22. The summed E-state index contributed by atoms with van der Waals surface area (Å²) >= 11 is 0. The van der Waals surface area contributed by atoms with E-state index < -0.39 is 29.2 Å². The van der Waals surface area contributed by atoms with E-state index in [2.05, 4.69) is 10.3 Å². The summed E-state index contributed by atoms with van der Waals surface area (Å²) in [4.78, 5) is 2.48. The van der Waals surface area contributed by atoms with E-state index in [1.807, 2.05) is 6.92 Å². The molecule has 1 N–H and O–H groups in total. The molecule has 3 nitrogen and oxygen atoms in total. The Kier molecular flexibility index (Phi) is 4.62. The number of benzene rings is 1. The first-order valence-corrected chi connectivity index (χ1v) is 6.22. The van der Waals surface area contributed by atoms with Gasteiger partial charge in [0.1, 0.15) is 11.4 Å². The molecule has 0 unspecified atom stereocenters. The van der Waals surface area contributed by atoms with E-state index in [1.54, 1.807) is 12.1 Å². The molecule has 0 aliphatic heterocycles. The third-order valence-corrected chi connectivity index (χ3v) is 2.59. The Morgan fingerprint density at radius 1 is 1.00 bits per heavy atom. The Morgan fingerprint density at radius 3 is 2.10 bits per heavy atom. The number of pyridine rings is 1. The Hall–Kier alpha value is -2.31. The molecule has 2 aromatic rings. The zero-order valence-corrected chi connectivity index (χ0v) is 11.1. The minimum atomic E-state index is -1.71. The van der Waals surface area contributed by atoms with Crippen molar-refractivity contribution in [2.75, 3.05) is 11.9 Å². The first-order valence-electron chi connectivity index (χ1n) is 6.22. The maximum absolute atomic E-state index is 13.4. The van der Waals surface area contributed by atoms with Gasteiger partial charge >= 0.3 is 0 Å². The standard InChI is InChI=1S/C14H12F4N2O/c1-2-7-21-9-5-3-8(4-6-9)19-12-10(15)13(17)20-14(18)11(12)16/h3-6H,2,7H2,1H3,(H,19,20). The van der Waals surface area contributed by atoms with Crippen LogP contribution in [0.3, 0.4) is 0 Å². The number of nitrogens with one attached hydrogen (secondary N) is 1. The second-order valence-corrected chi connectivity index (χ2v) is 4.19. The van der Waals surface area contributed by atoms with Gasteiger partial charge in [0.25, 0.3) is 11.9 Å². The van der Waals surface area contributed by atoms with E-state index in [9.17, 15) is 17.6 Å². The fraction of sp³-hybridized carbons (Fsp3) is 0.214. The van der Waals surface area contributed by atoms with E-state index in [4.69, 9.17) is 4.74 Å². The smallest absolute Gasteiger partial charge is 0.253 e. The molecular weight excluding hydrogens is 288 g/mol. The van der Waals surface area contributed by atoms with Gasteiger partial charge in [0.05, 0.1) is 6.61 Å². The minimum Gasteiger partial charge on any atom is -0.494 e. The van der Waals surface area contributed by atoms with Crippen molar-refractivity contribution >= 4 is 11.4 Å². The van der Waals surface area contributed by atoms with Gasteiger partial charge in [-0.05, 0) is 30.7 Å². The van der Waals surface area contributed by atoms with Gasteiger partial charge in [0.15, 0.2) is 0 Å². The second-order valence-electron chi connectivity index (χ2n) is 4.19. The molecule has 0 saturated carbocycles. The molecule has 1 heterocycles. The zero-order chi connectivity index (χ0) is 15.4. The molecule has 0 atom stereocenters. The van der Waals surface area contributed by atoms with Gasteiger partial charge in [-0.2, -0.15) is 22.5 Å². The Morgan fingerprint density at radius 2 is 1.57 bits per heavy atom. The first-order chi connectivity index (χ1) is 10.0. The van der Waals surface area contributed by atoms with Crippen LogP contribution in [0, 0.1) is 23.5 Å². The molecule has 0 spiro atoms. The van der Waals surface area contributed by atoms with Crippen LogP contribution in [0.4, 0.5) is 28.9 Å². The molecule has 0 aliphatic carbocycles. The predicted octanol–water partition coefficient (Wildman–Crippen LogP) is 4.17. The fourth-order valence-electron chi connectivity index (χ4n) is 1.60. The van der Waals surface area contributed by atoms with E-state index >= 15 is 0 Å². The summed E-state index contributed by atoms with van der Waals surface area (Å²) in [6.07, 6.45) is 0.839. The number of halogens is 4. The molecule has 0 saturated heterocycles. The number of hydrogen-bond donors (Lipinski definition) is 1. The largest absolute Gasteiger partial charge is 0.494 e. The molecule has 112 valence electrons. The quantitative estimate of drug-likeness (QED) is 0.664.